The average molecular weight is 375 g/mol. The summed E-state index contributed by atoms with van der Waals surface area (Å²) >= 11 is 0. The highest BCUT2D eigenvalue weighted by molar-refractivity contribution is 5.88. The van der Waals surface area contributed by atoms with Crippen LogP contribution in [-0.4, -0.2) is 38.9 Å². The van der Waals surface area contributed by atoms with E-state index in [1.807, 2.05) is 0 Å². The number of rotatable bonds is 6. The summed E-state index contributed by atoms with van der Waals surface area (Å²) in [5, 5.41) is 0. The zero-order valence-corrected chi connectivity index (χ0v) is 16.9. The van der Waals surface area contributed by atoms with Crippen molar-refractivity contribution in [1.29, 1.82) is 0 Å². The first-order chi connectivity index (χ1) is 13.1. The van der Waals surface area contributed by atoms with Gasteiger partial charge in [0.25, 0.3) is 0 Å². The second-order valence-electron chi connectivity index (χ2n) is 7.21. The van der Waals surface area contributed by atoms with Crippen molar-refractivity contribution >= 4 is 19.1 Å². The fourth-order valence-electron chi connectivity index (χ4n) is 3.60. The maximum Gasteiger partial charge on any atom is 0.0859 e. The van der Waals surface area contributed by atoms with Crippen LogP contribution in [0.25, 0.3) is 0 Å². The lowest BCUT2D eigenvalue weighted by Crippen LogP contribution is -2.22. The summed E-state index contributed by atoms with van der Waals surface area (Å²) in [6.45, 7) is 3.86. The minimum atomic E-state index is 0.250. The molecule has 2 aliphatic carbocycles. The normalized spacial score (nSPS) is 21.1. The summed E-state index contributed by atoms with van der Waals surface area (Å²) < 4.78 is 0. The highest BCUT2D eigenvalue weighted by Crippen LogP contribution is 2.30. The first-order valence-electron chi connectivity index (χ1n) is 10.2. The Hall–Kier alpha value is -1.79. The number of nitrogens with two attached hydrogens (primary N) is 3. The maximum absolute atomic E-state index is 6.35. The Morgan fingerprint density at radius 3 is 2.07 bits per heavy atom. The molecular formula is C21H38N6. The first kappa shape index (κ1) is 23.2. The van der Waals surface area contributed by atoms with Gasteiger partial charge in [-0.25, -0.2) is 0 Å². The Balaban J connectivity index is 0.000000433. The molecule has 0 bridgehead atoms. The van der Waals surface area contributed by atoms with E-state index in [4.69, 9.17) is 17.2 Å². The molecular weight excluding hydrogens is 336 g/mol. The van der Waals surface area contributed by atoms with E-state index < -0.39 is 0 Å². The Morgan fingerprint density at radius 2 is 1.63 bits per heavy atom. The molecule has 6 nitrogen and oxygen atoms in total. The molecule has 0 atom stereocenters. The van der Waals surface area contributed by atoms with Crippen molar-refractivity contribution in [2.45, 2.75) is 70.3 Å². The molecule has 0 radical (unpaired) electrons. The topological polar surface area (TPSA) is 115 Å². The molecule has 27 heavy (non-hydrogen) atoms. The Labute approximate surface area is 164 Å². The summed E-state index contributed by atoms with van der Waals surface area (Å²) in [5.74, 6) is 0.411. The van der Waals surface area contributed by atoms with Crippen LogP contribution in [0.5, 0.6) is 0 Å². The molecule has 0 aromatic carbocycles. The van der Waals surface area contributed by atoms with Gasteiger partial charge < -0.3 is 17.2 Å². The third kappa shape index (κ3) is 9.11. The molecule has 2 saturated carbocycles. The fraction of sp³-hybridized carbons (Fsp3) is 0.667. The van der Waals surface area contributed by atoms with E-state index in [-0.39, 0.29) is 6.67 Å². The Bertz CT molecular complexity index is 535. The van der Waals surface area contributed by atoms with Gasteiger partial charge in [0.15, 0.2) is 0 Å². The van der Waals surface area contributed by atoms with Gasteiger partial charge in [-0.15, -0.1) is 0 Å². The van der Waals surface area contributed by atoms with Crippen molar-refractivity contribution < 1.29 is 0 Å². The predicted molar refractivity (Wildman–Crippen MR) is 118 cm³/mol. The van der Waals surface area contributed by atoms with Crippen molar-refractivity contribution in [2.75, 3.05) is 13.7 Å². The Kier molecular flexibility index (Phi) is 12.3. The summed E-state index contributed by atoms with van der Waals surface area (Å²) in [4.78, 5) is 12.1. The molecule has 6 N–H and O–H groups in total. The van der Waals surface area contributed by atoms with E-state index >= 15 is 0 Å². The number of hydrogen-bond acceptors (Lipinski definition) is 6. The van der Waals surface area contributed by atoms with Gasteiger partial charge in [-0.2, -0.15) is 0 Å². The Morgan fingerprint density at radius 1 is 1.04 bits per heavy atom. The second kappa shape index (κ2) is 14.3. The standard InChI is InChI=1S/C15H25N5.C6H13N/c1-18-10-13(14(19-2)8-9-20-11-16)15(17)12-6-4-3-5-7-12;7-6-4-2-1-3-5-6/h8-10,12H,2-7,11,16-17H2,1H3;6H,1-5,7H2/b14-8-,15-13+,18-10?,20-9-;. The van der Waals surface area contributed by atoms with Crippen LogP contribution in [0.15, 0.2) is 38.0 Å². The van der Waals surface area contributed by atoms with E-state index in [2.05, 4.69) is 21.7 Å². The molecule has 2 fully saturated rings. The van der Waals surface area contributed by atoms with Crippen molar-refractivity contribution in [1.82, 2.24) is 0 Å². The van der Waals surface area contributed by atoms with Crippen LogP contribution < -0.4 is 17.2 Å². The molecule has 0 aromatic heterocycles. The van der Waals surface area contributed by atoms with Gasteiger partial charge in [-0.05, 0) is 44.4 Å². The average Bonchev–Trinajstić information content (AvgIpc) is 2.71. The third-order valence-corrected chi connectivity index (χ3v) is 5.15. The summed E-state index contributed by atoms with van der Waals surface area (Å²) in [6.07, 6.45) is 17.8. The lowest BCUT2D eigenvalue weighted by Gasteiger charge is -2.23. The van der Waals surface area contributed by atoms with Gasteiger partial charge in [-0.1, -0.05) is 38.5 Å². The lowest BCUT2D eigenvalue weighted by molar-refractivity contribution is 0.399. The smallest absolute Gasteiger partial charge is 0.0859 e. The van der Waals surface area contributed by atoms with Gasteiger partial charge in [0, 0.05) is 36.8 Å². The predicted octanol–water partition coefficient (Wildman–Crippen LogP) is 3.33. The van der Waals surface area contributed by atoms with Crippen LogP contribution in [-0.2, 0) is 0 Å². The SMILES string of the molecule is C=NC(=C\C=N/CN)/C(C=NC)=C(/N)C1CCCCC1.NC1CCCCC1. The number of hydrogen-bond donors (Lipinski definition) is 3. The van der Waals surface area contributed by atoms with Crippen LogP contribution in [0, 0.1) is 5.92 Å². The van der Waals surface area contributed by atoms with Gasteiger partial charge in [-0.3, -0.25) is 15.0 Å². The third-order valence-electron chi connectivity index (χ3n) is 5.15. The molecule has 0 heterocycles. The zero-order valence-electron chi connectivity index (χ0n) is 16.9. The molecule has 152 valence electrons. The molecule has 0 spiro atoms. The fourth-order valence-corrected chi connectivity index (χ4v) is 3.60. The largest absolute Gasteiger partial charge is 0.401 e. The van der Waals surface area contributed by atoms with Gasteiger partial charge in [0.05, 0.1) is 12.4 Å². The van der Waals surface area contributed by atoms with Crippen molar-refractivity contribution in [3.05, 3.63) is 23.0 Å². The molecule has 0 unspecified atom stereocenters. The second-order valence-corrected chi connectivity index (χ2v) is 7.21. The van der Waals surface area contributed by atoms with E-state index in [1.165, 1.54) is 51.4 Å². The summed E-state index contributed by atoms with van der Waals surface area (Å²) in [5.41, 5.74) is 19.7. The summed E-state index contributed by atoms with van der Waals surface area (Å²) in [7, 11) is 1.73. The van der Waals surface area contributed by atoms with Crippen molar-refractivity contribution in [3.63, 3.8) is 0 Å². The quantitative estimate of drug-likeness (QED) is 0.489. The van der Waals surface area contributed by atoms with Crippen molar-refractivity contribution in [2.24, 2.45) is 38.1 Å². The maximum atomic E-state index is 6.35. The van der Waals surface area contributed by atoms with Crippen molar-refractivity contribution in [3.8, 4) is 0 Å². The van der Waals surface area contributed by atoms with Gasteiger partial charge in [0.2, 0.25) is 0 Å². The minimum absolute atomic E-state index is 0.250. The van der Waals surface area contributed by atoms with Gasteiger partial charge >= 0.3 is 0 Å². The van der Waals surface area contributed by atoms with Crippen LogP contribution in [0.2, 0.25) is 0 Å². The first-order valence-corrected chi connectivity index (χ1v) is 10.2. The molecule has 0 aromatic rings. The number of aliphatic imine (C=N–C) groups is 3. The monoisotopic (exact) mass is 374 g/mol. The minimum Gasteiger partial charge on any atom is -0.401 e. The number of allylic oxidation sites excluding steroid dienone is 3. The zero-order chi connectivity index (χ0) is 19.9. The van der Waals surface area contributed by atoms with E-state index in [0.29, 0.717) is 17.7 Å². The molecule has 2 rings (SSSR count). The summed E-state index contributed by atoms with van der Waals surface area (Å²) in [6, 6.07) is 0.536. The number of nitrogens with zero attached hydrogens (tertiary/aromatic N) is 3. The van der Waals surface area contributed by atoms with Crippen LogP contribution in [0.4, 0.5) is 0 Å². The van der Waals surface area contributed by atoms with Crippen LogP contribution in [0.3, 0.4) is 0 Å². The molecule has 0 amide bonds. The van der Waals surface area contributed by atoms with Crippen LogP contribution in [0.1, 0.15) is 64.2 Å². The lowest BCUT2D eigenvalue weighted by atomic mass is 9.85. The molecule has 0 aliphatic heterocycles. The molecule has 0 saturated heterocycles. The van der Waals surface area contributed by atoms with E-state index in [1.54, 1.807) is 25.6 Å². The van der Waals surface area contributed by atoms with Gasteiger partial charge in [0.1, 0.15) is 0 Å². The highest BCUT2D eigenvalue weighted by Gasteiger charge is 2.19. The highest BCUT2D eigenvalue weighted by atomic mass is 14.8. The van der Waals surface area contributed by atoms with E-state index in [0.717, 1.165) is 24.1 Å². The molecule has 6 heteroatoms. The molecule has 2 aliphatic rings. The van der Waals surface area contributed by atoms with Crippen LogP contribution >= 0.6 is 0 Å². The van der Waals surface area contributed by atoms with E-state index in [9.17, 15) is 0 Å².